The minimum atomic E-state index is 1.16. The number of halogens is 1. The van der Waals surface area contributed by atoms with Crippen molar-refractivity contribution in [2.24, 2.45) is 0 Å². The molecule has 1 aromatic heterocycles. The lowest BCUT2D eigenvalue weighted by atomic mass is 10.0. The average molecular weight is 481 g/mol. The van der Waals surface area contributed by atoms with Crippen LogP contribution in [0.5, 0.6) is 0 Å². The van der Waals surface area contributed by atoms with Crippen LogP contribution in [0, 0.1) is 3.57 Å². The van der Waals surface area contributed by atoms with Gasteiger partial charge in [0.1, 0.15) is 0 Å². The smallest absolute Gasteiger partial charge is 0.0541 e. The van der Waals surface area contributed by atoms with Crippen molar-refractivity contribution in [3.63, 3.8) is 0 Å². The van der Waals surface area contributed by atoms with Gasteiger partial charge in [-0.05, 0) is 102 Å². The highest BCUT2D eigenvalue weighted by atomic mass is 127. The van der Waals surface area contributed by atoms with Gasteiger partial charge in [-0.15, -0.1) is 0 Å². The third kappa shape index (κ3) is 3.84. The highest BCUT2D eigenvalue weighted by molar-refractivity contribution is 14.1. The van der Waals surface area contributed by atoms with Gasteiger partial charge >= 0.3 is 0 Å². The Labute approximate surface area is 181 Å². The molecule has 3 aromatic carbocycles. The molecule has 0 aliphatic carbocycles. The lowest BCUT2D eigenvalue weighted by Crippen LogP contribution is -1.94. The first-order chi connectivity index (χ1) is 13.7. The molecule has 2 heteroatoms. The summed E-state index contributed by atoms with van der Waals surface area (Å²) in [7, 11) is 0. The van der Waals surface area contributed by atoms with Crippen molar-refractivity contribution in [2.45, 2.75) is 52.4 Å². The highest BCUT2D eigenvalue weighted by Gasteiger charge is 2.13. The van der Waals surface area contributed by atoms with E-state index in [2.05, 4.69) is 102 Å². The van der Waals surface area contributed by atoms with E-state index in [-0.39, 0.29) is 0 Å². The predicted molar refractivity (Wildman–Crippen MR) is 131 cm³/mol. The van der Waals surface area contributed by atoms with Crippen molar-refractivity contribution in [1.82, 2.24) is 4.57 Å². The summed E-state index contributed by atoms with van der Waals surface area (Å²) >= 11 is 2.41. The van der Waals surface area contributed by atoms with Gasteiger partial charge in [-0.25, -0.2) is 0 Å². The van der Waals surface area contributed by atoms with E-state index in [1.54, 1.807) is 0 Å². The Morgan fingerprint density at radius 1 is 0.714 bits per heavy atom. The standard InChI is InChI=1S/C26H28IN/c1-3-5-8-19-12-14-25-23(16-19)24-17-20(9-6-4-2)13-15-26(24)28(25)22-11-7-10-21(27)18-22/h7,10-18H,3-6,8-9H2,1-2H3. The van der Waals surface area contributed by atoms with Crippen molar-refractivity contribution in [3.8, 4) is 5.69 Å². The van der Waals surface area contributed by atoms with Crippen LogP contribution in [0.3, 0.4) is 0 Å². The second-order valence-electron chi connectivity index (χ2n) is 7.73. The lowest BCUT2D eigenvalue weighted by molar-refractivity contribution is 0.795. The largest absolute Gasteiger partial charge is 0.309 e. The predicted octanol–water partition coefficient (Wildman–Crippen LogP) is 8.07. The Hall–Kier alpha value is -1.81. The van der Waals surface area contributed by atoms with E-state index in [4.69, 9.17) is 0 Å². The Morgan fingerprint density at radius 2 is 1.29 bits per heavy atom. The van der Waals surface area contributed by atoms with Crippen molar-refractivity contribution in [3.05, 3.63) is 75.4 Å². The topological polar surface area (TPSA) is 4.93 Å². The van der Waals surface area contributed by atoms with Crippen LogP contribution in [0.2, 0.25) is 0 Å². The summed E-state index contributed by atoms with van der Waals surface area (Å²) in [4.78, 5) is 0. The molecule has 0 atom stereocenters. The first-order valence-electron chi connectivity index (χ1n) is 10.5. The minimum absolute atomic E-state index is 1.16. The number of rotatable bonds is 7. The number of fused-ring (bicyclic) bond motifs is 3. The molecular weight excluding hydrogens is 453 g/mol. The molecule has 0 unspecified atom stereocenters. The summed E-state index contributed by atoms with van der Waals surface area (Å²) in [5.41, 5.74) is 6.77. The van der Waals surface area contributed by atoms with Crippen LogP contribution in [0.1, 0.15) is 50.7 Å². The summed E-state index contributed by atoms with van der Waals surface area (Å²) in [6, 6.07) is 23.0. The summed E-state index contributed by atoms with van der Waals surface area (Å²) in [5.74, 6) is 0. The van der Waals surface area contributed by atoms with Gasteiger partial charge in [-0.1, -0.05) is 44.9 Å². The molecule has 144 valence electrons. The molecular formula is C26H28IN. The van der Waals surface area contributed by atoms with Crippen LogP contribution in [0.25, 0.3) is 27.5 Å². The molecule has 4 rings (SSSR count). The van der Waals surface area contributed by atoms with Crippen molar-refractivity contribution < 1.29 is 0 Å². The Morgan fingerprint density at radius 3 is 1.79 bits per heavy atom. The summed E-state index contributed by atoms with van der Waals surface area (Å²) in [6.45, 7) is 4.53. The molecule has 0 bridgehead atoms. The highest BCUT2D eigenvalue weighted by Crippen LogP contribution is 2.34. The number of unbranched alkanes of at least 4 members (excludes halogenated alkanes) is 2. The SMILES string of the molecule is CCCCc1ccc2c(c1)c1cc(CCCC)ccc1n2-c1cccc(I)c1. The molecule has 0 aliphatic rings. The normalized spacial score (nSPS) is 11.5. The zero-order valence-corrected chi connectivity index (χ0v) is 19.0. The molecule has 0 saturated carbocycles. The quantitative estimate of drug-likeness (QED) is 0.235. The second kappa shape index (κ2) is 8.69. The van der Waals surface area contributed by atoms with E-state index in [0.29, 0.717) is 0 Å². The fraction of sp³-hybridized carbons (Fsp3) is 0.308. The molecule has 0 N–H and O–H groups in total. The van der Waals surface area contributed by atoms with Crippen LogP contribution in [-0.2, 0) is 12.8 Å². The summed E-state index contributed by atoms with van der Waals surface area (Å²) in [5, 5.41) is 2.78. The molecule has 0 aliphatic heterocycles. The number of aromatic nitrogens is 1. The van der Waals surface area contributed by atoms with E-state index in [1.165, 1.54) is 67.9 Å². The van der Waals surface area contributed by atoms with E-state index in [0.717, 1.165) is 12.8 Å². The van der Waals surface area contributed by atoms with Gasteiger partial charge in [-0.3, -0.25) is 0 Å². The first-order valence-corrected chi connectivity index (χ1v) is 11.6. The fourth-order valence-electron chi connectivity index (χ4n) is 4.08. The maximum absolute atomic E-state index is 2.43. The van der Waals surface area contributed by atoms with Gasteiger partial charge in [0.25, 0.3) is 0 Å². The fourth-order valence-corrected chi connectivity index (χ4v) is 4.61. The average Bonchev–Trinajstić information content (AvgIpc) is 3.03. The maximum atomic E-state index is 2.43. The van der Waals surface area contributed by atoms with E-state index < -0.39 is 0 Å². The van der Waals surface area contributed by atoms with Gasteiger partial charge in [0.2, 0.25) is 0 Å². The van der Waals surface area contributed by atoms with Crippen molar-refractivity contribution >= 4 is 44.4 Å². The van der Waals surface area contributed by atoms with E-state index in [9.17, 15) is 0 Å². The number of aryl methyl sites for hydroxylation is 2. The van der Waals surface area contributed by atoms with Crippen LogP contribution in [-0.4, -0.2) is 4.57 Å². The zero-order valence-electron chi connectivity index (χ0n) is 16.8. The molecule has 28 heavy (non-hydrogen) atoms. The van der Waals surface area contributed by atoms with Crippen molar-refractivity contribution in [2.75, 3.05) is 0 Å². The van der Waals surface area contributed by atoms with Crippen LogP contribution in [0.4, 0.5) is 0 Å². The third-order valence-electron chi connectivity index (χ3n) is 5.60. The maximum Gasteiger partial charge on any atom is 0.0541 e. The molecule has 0 saturated heterocycles. The van der Waals surface area contributed by atoms with E-state index >= 15 is 0 Å². The van der Waals surface area contributed by atoms with Crippen LogP contribution >= 0.6 is 22.6 Å². The third-order valence-corrected chi connectivity index (χ3v) is 6.27. The monoisotopic (exact) mass is 481 g/mol. The van der Waals surface area contributed by atoms with Gasteiger partial charge in [0.15, 0.2) is 0 Å². The number of benzene rings is 3. The molecule has 0 spiro atoms. The Balaban J connectivity index is 1.95. The van der Waals surface area contributed by atoms with Crippen LogP contribution in [0.15, 0.2) is 60.7 Å². The Bertz CT molecular complexity index is 1040. The summed E-state index contributed by atoms with van der Waals surface area (Å²) in [6.07, 6.45) is 7.31. The van der Waals surface area contributed by atoms with Gasteiger partial charge in [0, 0.05) is 20.0 Å². The van der Waals surface area contributed by atoms with Crippen LogP contribution < -0.4 is 0 Å². The molecule has 0 amide bonds. The van der Waals surface area contributed by atoms with Gasteiger partial charge in [-0.2, -0.15) is 0 Å². The number of hydrogen-bond acceptors (Lipinski definition) is 0. The van der Waals surface area contributed by atoms with Gasteiger partial charge in [0.05, 0.1) is 11.0 Å². The number of hydrogen-bond donors (Lipinski definition) is 0. The molecule has 1 nitrogen and oxygen atoms in total. The minimum Gasteiger partial charge on any atom is -0.309 e. The Kier molecular flexibility index (Phi) is 6.05. The lowest BCUT2D eigenvalue weighted by Gasteiger charge is -2.09. The molecule has 0 radical (unpaired) electrons. The molecule has 0 fully saturated rings. The van der Waals surface area contributed by atoms with Crippen molar-refractivity contribution in [1.29, 1.82) is 0 Å². The van der Waals surface area contributed by atoms with E-state index in [1.807, 2.05) is 0 Å². The summed E-state index contributed by atoms with van der Waals surface area (Å²) < 4.78 is 3.70. The number of nitrogens with zero attached hydrogens (tertiary/aromatic N) is 1. The second-order valence-corrected chi connectivity index (χ2v) is 8.97. The zero-order chi connectivity index (χ0) is 19.5. The van der Waals surface area contributed by atoms with Gasteiger partial charge < -0.3 is 4.57 Å². The molecule has 1 heterocycles. The first kappa shape index (κ1) is 19.5. The molecule has 4 aromatic rings.